The summed E-state index contributed by atoms with van der Waals surface area (Å²) in [7, 11) is 0. The Balaban J connectivity index is 2.11. The van der Waals surface area contributed by atoms with Crippen LogP contribution in [0.1, 0.15) is 44.3 Å². The van der Waals surface area contributed by atoms with Crippen molar-refractivity contribution in [3.8, 4) is 0 Å². The van der Waals surface area contributed by atoms with Crippen molar-refractivity contribution in [1.29, 1.82) is 0 Å². The fraction of sp³-hybridized carbons (Fsp3) is 0.727. The number of hydrogen-bond acceptors (Lipinski definition) is 2. The summed E-state index contributed by atoms with van der Waals surface area (Å²) in [4.78, 5) is 4.25. The van der Waals surface area contributed by atoms with Crippen molar-refractivity contribution in [2.75, 3.05) is 5.73 Å². The van der Waals surface area contributed by atoms with E-state index in [-0.39, 0.29) is 0 Å². The van der Waals surface area contributed by atoms with Gasteiger partial charge in [-0.15, -0.1) is 0 Å². The van der Waals surface area contributed by atoms with Crippen LogP contribution in [0.25, 0.3) is 0 Å². The highest BCUT2D eigenvalue weighted by atomic mass is 15.2. The molecule has 2 N–H and O–H groups in total. The fourth-order valence-electron chi connectivity index (χ4n) is 2.35. The summed E-state index contributed by atoms with van der Waals surface area (Å²) in [5, 5.41) is 0. The largest absolute Gasteiger partial charge is 0.369 e. The second-order valence-corrected chi connectivity index (χ2v) is 4.56. The number of hydrogen-bond donors (Lipinski definition) is 1. The standard InChI is InChI=1S/C11H19N3/c1-8-3-5-10(6-4-8)14-7-9(2)13-11(14)12/h7-8,10H,3-6H2,1-2H3,(H2,12,13). The molecule has 78 valence electrons. The molecule has 0 amide bonds. The van der Waals surface area contributed by atoms with Crippen LogP contribution in [0.3, 0.4) is 0 Å². The van der Waals surface area contributed by atoms with Crippen LogP contribution >= 0.6 is 0 Å². The van der Waals surface area contributed by atoms with Crippen LogP contribution in [0.5, 0.6) is 0 Å². The maximum Gasteiger partial charge on any atom is 0.200 e. The first-order chi connectivity index (χ1) is 6.66. The number of imidazole rings is 1. The molecule has 1 heterocycles. The minimum Gasteiger partial charge on any atom is -0.369 e. The first-order valence-electron chi connectivity index (χ1n) is 5.47. The van der Waals surface area contributed by atoms with Gasteiger partial charge in [0.2, 0.25) is 5.95 Å². The van der Waals surface area contributed by atoms with Gasteiger partial charge in [0, 0.05) is 12.2 Å². The molecule has 0 spiro atoms. The average Bonchev–Trinajstić information content (AvgIpc) is 2.47. The zero-order chi connectivity index (χ0) is 10.1. The van der Waals surface area contributed by atoms with E-state index in [4.69, 9.17) is 5.73 Å². The van der Waals surface area contributed by atoms with Crippen molar-refractivity contribution in [3.63, 3.8) is 0 Å². The van der Waals surface area contributed by atoms with E-state index in [1.807, 2.05) is 6.92 Å². The second-order valence-electron chi connectivity index (χ2n) is 4.56. The minimum absolute atomic E-state index is 0.590. The molecule has 0 aliphatic heterocycles. The molecule has 3 heteroatoms. The molecule has 1 saturated carbocycles. The van der Waals surface area contributed by atoms with Gasteiger partial charge in [-0.25, -0.2) is 4.98 Å². The quantitative estimate of drug-likeness (QED) is 0.744. The Morgan fingerprint density at radius 3 is 2.50 bits per heavy atom. The van der Waals surface area contributed by atoms with Crippen molar-refractivity contribution in [2.45, 2.75) is 45.6 Å². The molecule has 14 heavy (non-hydrogen) atoms. The minimum atomic E-state index is 0.590. The van der Waals surface area contributed by atoms with Gasteiger partial charge in [0.15, 0.2) is 0 Å². The van der Waals surface area contributed by atoms with Crippen LogP contribution in [-0.4, -0.2) is 9.55 Å². The lowest BCUT2D eigenvalue weighted by Gasteiger charge is -2.27. The van der Waals surface area contributed by atoms with Crippen molar-refractivity contribution < 1.29 is 0 Å². The van der Waals surface area contributed by atoms with Crippen molar-refractivity contribution >= 4 is 5.95 Å². The lowest BCUT2D eigenvalue weighted by atomic mass is 9.87. The molecule has 2 rings (SSSR count). The molecular weight excluding hydrogens is 174 g/mol. The average molecular weight is 193 g/mol. The van der Waals surface area contributed by atoms with Gasteiger partial charge in [-0.2, -0.15) is 0 Å². The molecule has 3 nitrogen and oxygen atoms in total. The summed E-state index contributed by atoms with van der Waals surface area (Å²) in [6.07, 6.45) is 7.22. The Morgan fingerprint density at radius 1 is 1.36 bits per heavy atom. The zero-order valence-corrected chi connectivity index (χ0v) is 9.03. The summed E-state index contributed by atoms with van der Waals surface area (Å²) in [5.74, 6) is 1.57. The van der Waals surface area contributed by atoms with Crippen molar-refractivity contribution in [2.24, 2.45) is 5.92 Å². The maximum atomic E-state index is 5.86. The van der Waals surface area contributed by atoms with Crippen molar-refractivity contribution in [1.82, 2.24) is 9.55 Å². The van der Waals surface area contributed by atoms with Gasteiger partial charge < -0.3 is 10.3 Å². The summed E-state index contributed by atoms with van der Waals surface area (Å²) in [6, 6.07) is 0.590. The van der Waals surface area contributed by atoms with Crippen LogP contribution in [-0.2, 0) is 0 Å². The summed E-state index contributed by atoms with van der Waals surface area (Å²) >= 11 is 0. The number of anilines is 1. The molecular formula is C11H19N3. The second kappa shape index (κ2) is 3.64. The smallest absolute Gasteiger partial charge is 0.200 e. The van der Waals surface area contributed by atoms with E-state index in [1.54, 1.807) is 0 Å². The van der Waals surface area contributed by atoms with Gasteiger partial charge in [0.25, 0.3) is 0 Å². The highest BCUT2D eigenvalue weighted by Crippen LogP contribution is 2.33. The van der Waals surface area contributed by atoms with E-state index in [2.05, 4.69) is 22.7 Å². The van der Waals surface area contributed by atoms with Gasteiger partial charge in [0.1, 0.15) is 0 Å². The number of aryl methyl sites for hydroxylation is 1. The van der Waals surface area contributed by atoms with Crippen LogP contribution in [0.2, 0.25) is 0 Å². The van der Waals surface area contributed by atoms with Crippen molar-refractivity contribution in [3.05, 3.63) is 11.9 Å². The SMILES string of the molecule is Cc1cn(C2CCC(C)CC2)c(N)n1. The van der Waals surface area contributed by atoms with Crippen LogP contribution < -0.4 is 5.73 Å². The van der Waals surface area contributed by atoms with Crippen LogP contribution in [0.4, 0.5) is 5.95 Å². The Bertz CT molecular complexity index is 308. The first-order valence-corrected chi connectivity index (χ1v) is 5.47. The Kier molecular flexibility index (Phi) is 2.48. The number of rotatable bonds is 1. The molecule has 0 saturated heterocycles. The predicted octanol–water partition coefficient (Wildman–Crippen LogP) is 2.52. The third kappa shape index (κ3) is 1.76. The molecule has 1 aliphatic rings. The number of nitrogen functional groups attached to an aromatic ring is 1. The Hall–Kier alpha value is -0.990. The molecule has 0 bridgehead atoms. The van der Waals surface area contributed by atoms with Gasteiger partial charge in [-0.3, -0.25) is 0 Å². The van der Waals surface area contributed by atoms with E-state index in [9.17, 15) is 0 Å². The first kappa shape index (κ1) is 9.56. The van der Waals surface area contributed by atoms with Gasteiger partial charge in [-0.05, 0) is 38.5 Å². The molecule has 0 atom stereocenters. The van der Waals surface area contributed by atoms with E-state index < -0.39 is 0 Å². The lowest BCUT2D eigenvalue weighted by Crippen LogP contribution is -2.17. The Morgan fingerprint density at radius 2 is 2.00 bits per heavy atom. The number of nitrogens with two attached hydrogens (primary N) is 1. The van der Waals surface area contributed by atoms with E-state index in [0.717, 1.165) is 11.6 Å². The summed E-state index contributed by atoms with van der Waals surface area (Å²) in [6.45, 7) is 4.33. The van der Waals surface area contributed by atoms with Crippen LogP contribution in [0.15, 0.2) is 6.20 Å². The molecule has 1 aromatic heterocycles. The third-order valence-electron chi connectivity index (χ3n) is 3.26. The highest BCUT2D eigenvalue weighted by molar-refractivity contribution is 5.22. The molecule has 1 fully saturated rings. The topological polar surface area (TPSA) is 43.8 Å². The molecule has 1 aromatic rings. The molecule has 0 unspecified atom stereocenters. The summed E-state index contributed by atoms with van der Waals surface area (Å²) < 4.78 is 2.15. The van der Waals surface area contributed by atoms with Crippen LogP contribution in [0, 0.1) is 12.8 Å². The van der Waals surface area contributed by atoms with E-state index in [1.165, 1.54) is 25.7 Å². The number of aromatic nitrogens is 2. The monoisotopic (exact) mass is 193 g/mol. The molecule has 1 aliphatic carbocycles. The highest BCUT2D eigenvalue weighted by Gasteiger charge is 2.20. The molecule has 0 aromatic carbocycles. The van der Waals surface area contributed by atoms with E-state index in [0.29, 0.717) is 12.0 Å². The zero-order valence-electron chi connectivity index (χ0n) is 9.03. The number of nitrogens with zero attached hydrogens (tertiary/aromatic N) is 2. The third-order valence-corrected chi connectivity index (χ3v) is 3.26. The predicted molar refractivity (Wildman–Crippen MR) is 58.0 cm³/mol. The summed E-state index contributed by atoms with van der Waals surface area (Å²) in [5.41, 5.74) is 6.89. The fourth-order valence-corrected chi connectivity index (χ4v) is 2.35. The van der Waals surface area contributed by atoms with Gasteiger partial charge in [-0.1, -0.05) is 6.92 Å². The Labute approximate surface area is 85.3 Å². The van der Waals surface area contributed by atoms with Gasteiger partial charge in [0.05, 0.1) is 5.69 Å². The molecule has 0 radical (unpaired) electrons. The lowest BCUT2D eigenvalue weighted by molar-refractivity contribution is 0.291. The maximum absolute atomic E-state index is 5.86. The van der Waals surface area contributed by atoms with E-state index >= 15 is 0 Å². The normalized spacial score (nSPS) is 27.9. The van der Waals surface area contributed by atoms with Gasteiger partial charge >= 0.3 is 0 Å².